The largest absolute Gasteiger partial charge is 1.00 e. The molecule has 0 bridgehead atoms. The van der Waals surface area contributed by atoms with Crippen molar-refractivity contribution >= 4 is 16.7 Å². The standard InChI is InChI=1S/CH2O3S.Na/c2-1-5(3)4;/h1H,(H,3,4);/q;+1/p-1. The summed E-state index contributed by atoms with van der Waals surface area (Å²) in [4.78, 5) is 8.89. The van der Waals surface area contributed by atoms with E-state index in [1.807, 2.05) is 0 Å². The maximum absolute atomic E-state index is 9.00. The van der Waals surface area contributed by atoms with Crippen LogP contribution >= 0.6 is 0 Å². The zero-order chi connectivity index (χ0) is 4.28. The van der Waals surface area contributed by atoms with E-state index in [1.54, 1.807) is 0 Å². The third-order valence-corrected chi connectivity index (χ3v) is 0.236. The minimum atomic E-state index is -2.50. The number of hydrogen-bond donors (Lipinski definition) is 0. The molecule has 0 aromatic carbocycles. The second-order valence-electron chi connectivity index (χ2n) is 0.357. The average molecular weight is 116 g/mol. The maximum atomic E-state index is 9.00. The predicted molar refractivity (Wildman–Crippen MR) is 15.7 cm³/mol. The SMILES string of the molecule is O=CS(=O)[O-].[Na+]. The first-order valence-corrected chi connectivity index (χ1v) is 1.94. The van der Waals surface area contributed by atoms with Gasteiger partial charge in [-0.05, 0) is 0 Å². The summed E-state index contributed by atoms with van der Waals surface area (Å²) in [5.41, 5.74) is -0.167. The van der Waals surface area contributed by atoms with Crippen LogP contribution in [-0.2, 0) is 15.9 Å². The van der Waals surface area contributed by atoms with E-state index >= 15 is 0 Å². The van der Waals surface area contributed by atoms with Gasteiger partial charge in [0.2, 0.25) is 0 Å². The van der Waals surface area contributed by atoms with Gasteiger partial charge in [0.25, 0.3) is 0 Å². The molecule has 0 heterocycles. The molecular formula is CHNaO3S. The van der Waals surface area contributed by atoms with E-state index in [-0.39, 0.29) is 35.2 Å². The van der Waals surface area contributed by atoms with Gasteiger partial charge in [0.15, 0.2) is 5.62 Å². The van der Waals surface area contributed by atoms with Crippen molar-refractivity contribution in [3.63, 3.8) is 0 Å². The van der Waals surface area contributed by atoms with Gasteiger partial charge in [-0.3, -0.25) is 9.00 Å². The molecule has 0 aliphatic carbocycles. The molecule has 0 aliphatic heterocycles. The van der Waals surface area contributed by atoms with E-state index in [9.17, 15) is 0 Å². The minimum absolute atomic E-state index is 0. The zero-order valence-electron chi connectivity index (χ0n) is 3.21. The normalized spacial score (nSPS) is 11.5. The molecule has 0 saturated heterocycles. The molecule has 0 aromatic rings. The predicted octanol–water partition coefficient (Wildman–Crippen LogP) is -3.94. The first kappa shape index (κ1) is 9.91. The fraction of sp³-hybridized carbons (Fsp3) is 0. The summed E-state index contributed by atoms with van der Waals surface area (Å²) in [6.07, 6.45) is 0. The Kier molecular flexibility index (Phi) is 9.55. The van der Waals surface area contributed by atoms with Crippen molar-refractivity contribution in [2.45, 2.75) is 0 Å². The van der Waals surface area contributed by atoms with E-state index in [4.69, 9.17) is 13.6 Å². The number of carbonyl (C=O) groups is 1. The summed E-state index contributed by atoms with van der Waals surface area (Å²) in [6, 6.07) is 0. The topological polar surface area (TPSA) is 57.2 Å². The van der Waals surface area contributed by atoms with Gasteiger partial charge in [0, 0.05) is 11.1 Å². The Bertz CT molecular complexity index is 61.8. The number of rotatable bonds is 1. The van der Waals surface area contributed by atoms with Gasteiger partial charge < -0.3 is 4.55 Å². The first-order valence-electron chi connectivity index (χ1n) is 0.805. The van der Waals surface area contributed by atoms with Crippen molar-refractivity contribution in [3.8, 4) is 0 Å². The number of hydrogen-bond acceptors (Lipinski definition) is 3. The molecule has 30 valence electrons. The Morgan fingerprint density at radius 3 is 1.83 bits per heavy atom. The minimum Gasteiger partial charge on any atom is -0.766 e. The van der Waals surface area contributed by atoms with Crippen LogP contribution in [-0.4, -0.2) is 14.4 Å². The van der Waals surface area contributed by atoms with Crippen LogP contribution < -0.4 is 29.6 Å². The van der Waals surface area contributed by atoms with Crippen molar-refractivity contribution in [2.75, 3.05) is 0 Å². The maximum Gasteiger partial charge on any atom is 1.00 e. The molecular weight excluding hydrogens is 115 g/mol. The van der Waals surface area contributed by atoms with E-state index in [1.165, 1.54) is 0 Å². The Balaban J connectivity index is 0. The molecule has 6 heavy (non-hydrogen) atoms. The monoisotopic (exact) mass is 116 g/mol. The van der Waals surface area contributed by atoms with Gasteiger partial charge in [-0.1, -0.05) is 0 Å². The fourth-order valence-corrected chi connectivity index (χ4v) is 0. The van der Waals surface area contributed by atoms with Crippen molar-refractivity contribution < 1.29 is 43.1 Å². The van der Waals surface area contributed by atoms with Crippen LogP contribution in [0.1, 0.15) is 0 Å². The van der Waals surface area contributed by atoms with Gasteiger partial charge in [-0.2, -0.15) is 0 Å². The molecule has 0 rings (SSSR count). The van der Waals surface area contributed by atoms with Crippen LogP contribution in [0.5, 0.6) is 0 Å². The summed E-state index contributed by atoms with van der Waals surface area (Å²) >= 11 is -2.50. The van der Waals surface area contributed by atoms with Crippen molar-refractivity contribution in [3.05, 3.63) is 0 Å². The third-order valence-electron chi connectivity index (χ3n) is 0.0786. The van der Waals surface area contributed by atoms with Gasteiger partial charge in [0.05, 0.1) is 0 Å². The van der Waals surface area contributed by atoms with Gasteiger partial charge in [0.1, 0.15) is 0 Å². The zero-order valence-corrected chi connectivity index (χ0v) is 6.03. The van der Waals surface area contributed by atoms with Crippen LogP contribution in [0.3, 0.4) is 0 Å². The molecule has 0 radical (unpaired) electrons. The first-order chi connectivity index (χ1) is 2.27. The Morgan fingerprint density at radius 1 is 1.67 bits per heavy atom. The van der Waals surface area contributed by atoms with Crippen molar-refractivity contribution in [2.24, 2.45) is 0 Å². The third kappa shape index (κ3) is 8.84. The summed E-state index contributed by atoms with van der Waals surface area (Å²) in [5, 5.41) is 0. The van der Waals surface area contributed by atoms with Crippen LogP contribution in [0, 0.1) is 0 Å². The molecule has 0 fully saturated rings. The quantitative estimate of drug-likeness (QED) is 0.200. The molecule has 0 saturated carbocycles. The molecule has 1 unspecified atom stereocenters. The Hall–Kier alpha value is 0.780. The van der Waals surface area contributed by atoms with Gasteiger partial charge >= 0.3 is 29.6 Å². The van der Waals surface area contributed by atoms with Crippen LogP contribution in [0.4, 0.5) is 0 Å². The van der Waals surface area contributed by atoms with E-state index in [0.29, 0.717) is 0 Å². The van der Waals surface area contributed by atoms with Crippen molar-refractivity contribution in [1.82, 2.24) is 0 Å². The van der Waals surface area contributed by atoms with Crippen molar-refractivity contribution in [1.29, 1.82) is 0 Å². The fourth-order valence-electron chi connectivity index (χ4n) is 0. The molecule has 0 aliphatic rings. The van der Waals surface area contributed by atoms with E-state index in [0.717, 1.165) is 0 Å². The summed E-state index contributed by atoms with van der Waals surface area (Å²) in [6.45, 7) is 0. The molecule has 5 heteroatoms. The van der Waals surface area contributed by atoms with Crippen LogP contribution in [0.15, 0.2) is 0 Å². The molecule has 0 amide bonds. The molecule has 1 atom stereocenters. The summed E-state index contributed by atoms with van der Waals surface area (Å²) < 4.78 is 18.0. The Labute approximate surface area is 59.7 Å². The second kappa shape index (κ2) is 5.78. The molecule has 0 N–H and O–H groups in total. The van der Waals surface area contributed by atoms with Gasteiger partial charge in [-0.25, -0.2) is 0 Å². The summed E-state index contributed by atoms with van der Waals surface area (Å²) in [5.74, 6) is 0. The second-order valence-corrected chi connectivity index (χ2v) is 1.07. The molecule has 0 spiro atoms. The van der Waals surface area contributed by atoms with Crippen LogP contribution in [0.2, 0.25) is 0 Å². The van der Waals surface area contributed by atoms with E-state index in [2.05, 4.69) is 0 Å². The molecule has 3 nitrogen and oxygen atoms in total. The van der Waals surface area contributed by atoms with Gasteiger partial charge in [-0.15, -0.1) is 0 Å². The molecule has 0 aromatic heterocycles. The van der Waals surface area contributed by atoms with Crippen LogP contribution in [0.25, 0.3) is 0 Å². The number of carbonyl (C=O) groups excluding carboxylic acids is 1. The summed E-state index contributed by atoms with van der Waals surface area (Å²) in [7, 11) is 0. The Morgan fingerprint density at radius 2 is 1.83 bits per heavy atom. The van der Waals surface area contributed by atoms with E-state index < -0.39 is 11.1 Å². The average Bonchev–Trinajstić information content (AvgIpc) is 1.38. The smallest absolute Gasteiger partial charge is 0.766 e.